The van der Waals surface area contributed by atoms with Crippen molar-refractivity contribution in [2.75, 3.05) is 31.7 Å². The van der Waals surface area contributed by atoms with Gasteiger partial charge >= 0.3 is 0 Å². The highest BCUT2D eigenvalue weighted by atomic mass is 32.2. The van der Waals surface area contributed by atoms with Crippen molar-refractivity contribution in [1.29, 1.82) is 0 Å². The van der Waals surface area contributed by atoms with Gasteiger partial charge in [0.1, 0.15) is 5.82 Å². The molecule has 0 atom stereocenters. The van der Waals surface area contributed by atoms with E-state index in [1.54, 1.807) is 37.4 Å². The van der Waals surface area contributed by atoms with Gasteiger partial charge in [-0.15, -0.1) is 0 Å². The van der Waals surface area contributed by atoms with E-state index in [1.165, 1.54) is 0 Å². The van der Waals surface area contributed by atoms with Gasteiger partial charge in [-0.05, 0) is 38.1 Å². The summed E-state index contributed by atoms with van der Waals surface area (Å²) in [4.78, 5) is 6.90. The zero-order chi connectivity index (χ0) is 17.6. The van der Waals surface area contributed by atoms with Gasteiger partial charge in [0.15, 0.2) is 9.84 Å². The lowest BCUT2D eigenvalue weighted by Gasteiger charge is -2.22. The van der Waals surface area contributed by atoms with Crippen molar-refractivity contribution in [3.63, 3.8) is 0 Å². The summed E-state index contributed by atoms with van der Waals surface area (Å²) in [7, 11) is -1.74. The third-order valence-electron chi connectivity index (χ3n) is 3.78. The molecule has 1 aromatic carbocycles. The minimum atomic E-state index is -3.40. The van der Waals surface area contributed by atoms with Crippen LogP contribution in [0.5, 0.6) is 0 Å². The molecule has 1 heterocycles. The van der Waals surface area contributed by atoms with Crippen LogP contribution in [0, 0.1) is 6.92 Å². The van der Waals surface area contributed by atoms with Crippen molar-refractivity contribution in [1.82, 2.24) is 4.98 Å². The van der Waals surface area contributed by atoms with Crippen LogP contribution in [0.3, 0.4) is 0 Å². The van der Waals surface area contributed by atoms with Gasteiger partial charge in [0.25, 0.3) is 0 Å². The summed E-state index contributed by atoms with van der Waals surface area (Å²) in [6.07, 6.45) is 0. The first-order chi connectivity index (χ1) is 11.5. The summed E-state index contributed by atoms with van der Waals surface area (Å²) in [6.45, 7) is 6.06. The highest BCUT2D eigenvalue weighted by Crippen LogP contribution is 2.18. The standard InChI is InChI=1S/C18H24N2O3S/c1-4-20(12-13-23-3)18-7-5-6-16(19-18)14-24(21,22)17-10-8-15(2)9-11-17/h5-11H,4,12-14H2,1-3H3. The normalized spacial score (nSPS) is 11.5. The van der Waals surface area contributed by atoms with Crippen molar-refractivity contribution in [2.45, 2.75) is 24.5 Å². The fourth-order valence-electron chi connectivity index (χ4n) is 2.38. The van der Waals surface area contributed by atoms with E-state index in [9.17, 15) is 8.42 Å². The Kier molecular flexibility index (Phi) is 6.34. The number of benzene rings is 1. The smallest absolute Gasteiger partial charge is 0.184 e. The number of likely N-dealkylation sites (N-methyl/N-ethyl adjacent to an activating group) is 1. The van der Waals surface area contributed by atoms with Crippen molar-refractivity contribution in [3.8, 4) is 0 Å². The number of hydrogen-bond donors (Lipinski definition) is 0. The van der Waals surface area contributed by atoms with E-state index in [4.69, 9.17) is 4.74 Å². The van der Waals surface area contributed by atoms with Gasteiger partial charge in [-0.1, -0.05) is 23.8 Å². The number of aryl methyl sites for hydroxylation is 1. The zero-order valence-electron chi connectivity index (χ0n) is 14.4. The Morgan fingerprint density at radius 2 is 1.83 bits per heavy atom. The molecule has 130 valence electrons. The quantitative estimate of drug-likeness (QED) is 0.734. The summed E-state index contributed by atoms with van der Waals surface area (Å²) in [5.41, 5.74) is 1.58. The van der Waals surface area contributed by atoms with Crippen LogP contribution in [0.4, 0.5) is 5.82 Å². The van der Waals surface area contributed by atoms with Crippen LogP contribution in [-0.4, -0.2) is 40.2 Å². The lowest BCUT2D eigenvalue weighted by molar-refractivity contribution is 0.205. The summed E-state index contributed by atoms with van der Waals surface area (Å²) in [5, 5.41) is 0. The molecule has 0 aliphatic rings. The first-order valence-electron chi connectivity index (χ1n) is 7.95. The van der Waals surface area contributed by atoms with Gasteiger partial charge in [-0.25, -0.2) is 13.4 Å². The van der Waals surface area contributed by atoms with E-state index in [1.807, 2.05) is 26.0 Å². The maximum atomic E-state index is 12.6. The minimum Gasteiger partial charge on any atom is -0.383 e. The van der Waals surface area contributed by atoms with Crippen molar-refractivity contribution in [3.05, 3.63) is 53.7 Å². The third-order valence-corrected chi connectivity index (χ3v) is 5.45. The second kappa shape index (κ2) is 8.26. The molecule has 0 radical (unpaired) electrons. The number of rotatable bonds is 8. The van der Waals surface area contributed by atoms with Crippen LogP contribution in [0.15, 0.2) is 47.4 Å². The van der Waals surface area contributed by atoms with E-state index in [0.717, 1.165) is 17.9 Å². The highest BCUT2D eigenvalue weighted by Gasteiger charge is 2.17. The average Bonchev–Trinajstić information content (AvgIpc) is 2.56. The summed E-state index contributed by atoms with van der Waals surface area (Å²) in [6, 6.07) is 12.4. The lowest BCUT2D eigenvalue weighted by atomic mass is 10.2. The Bertz CT molecular complexity index is 758. The number of anilines is 1. The molecule has 0 amide bonds. The van der Waals surface area contributed by atoms with E-state index >= 15 is 0 Å². The second-order valence-corrected chi connectivity index (χ2v) is 7.62. The molecule has 0 saturated carbocycles. The molecule has 24 heavy (non-hydrogen) atoms. The molecule has 2 aromatic rings. The van der Waals surface area contributed by atoms with Crippen molar-refractivity contribution in [2.24, 2.45) is 0 Å². The molecule has 0 saturated heterocycles. The molecule has 2 rings (SSSR count). The van der Waals surface area contributed by atoms with E-state index in [-0.39, 0.29) is 5.75 Å². The first kappa shape index (κ1) is 18.4. The van der Waals surface area contributed by atoms with Crippen LogP contribution in [0.2, 0.25) is 0 Å². The molecule has 5 nitrogen and oxygen atoms in total. The largest absolute Gasteiger partial charge is 0.383 e. The SMILES string of the molecule is CCN(CCOC)c1cccc(CS(=O)(=O)c2ccc(C)cc2)n1. The summed E-state index contributed by atoms with van der Waals surface area (Å²) < 4.78 is 30.2. The van der Waals surface area contributed by atoms with Crippen LogP contribution in [0.25, 0.3) is 0 Å². The Labute approximate surface area is 144 Å². The number of methoxy groups -OCH3 is 1. The predicted octanol–water partition coefficient (Wildman–Crippen LogP) is 2.84. The minimum absolute atomic E-state index is 0.105. The molecule has 0 aliphatic heterocycles. The van der Waals surface area contributed by atoms with E-state index < -0.39 is 9.84 Å². The number of ether oxygens (including phenoxy) is 1. The molecule has 0 N–H and O–H groups in total. The lowest BCUT2D eigenvalue weighted by Crippen LogP contribution is -2.27. The van der Waals surface area contributed by atoms with Gasteiger partial charge in [-0.2, -0.15) is 0 Å². The fraction of sp³-hybridized carbons (Fsp3) is 0.389. The number of pyridine rings is 1. The van der Waals surface area contributed by atoms with Crippen LogP contribution in [-0.2, 0) is 20.3 Å². The van der Waals surface area contributed by atoms with Gasteiger partial charge in [0, 0.05) is 20.2 Å². The topological polar surface area (TPSA) is 59.5 Å². The molecular weight excluding hydrogens is 324 g/mol. The van der Waals surface area contributed by atoms with Crippen LogP contribution < -0.4 is 4.90 Å². The Balaban J connectivity index is 2.20. The van der Waals surface area contributed by atoms with Crippen molar-refractivity contribution >= 4 is 15.7 Å². The summed E-state index contributed by atoms with van der Waals surface area (Å²) in [5.74, 6) is 0.664. The number of aromatic nitrogens is 1. The number of hydrogen-bond acceptors (Lipinski definition) is 5. The predicted molar refractivity (Wildman–Crippen MR) is 96.1 cm³/mol. The monoisotopic (exact) mass is 348 g/mol. The molecule has 1 aromatic heterocycles. The van der Waals surface area contributed by atoms with Gasteiger partial charge in [0.2, 0.25) is 0 Å². The highest BCUT2D eigenvalue weighted by molar-refractivity contribution is 7.90. The van der Waals surface area contributed by atoms with Crippen LogP contribution in [0.1, 0.15) is 18.2 Å². The molecular formula is C18H24N2O3S. The number of sulfone groups is 1. The Morgan fingerprint density at radius 1 is 1.12 bits per heavy atom. The Morgan fingerprint density at radius 3 is 2.46 bits per heavy atom. The maximum absolute atomic E-state index is 12.6. The average molecular weight is 348 g/mol. The first-order valence-corrected chi connectivity index (χ1v) is 9.60. The molecule has 0 spiro atoms. The Hall–Kier alpha value is -1.92. The fourth-order valence-corrected chi connectivity index (χ4v) is 3.65. The van der Waals surface area contributed by atoms with Crippen LogP contribution >= 0.6 is 0 Å². The maximum Gasteiger partial charge on any atom is 0.184 e. The molecule has 0 fully saturated rings. The molecule has 0 bridgehead atoms. The summed E-state index contributed by atoms with van der Waals surface area (Å²) >= 11 is 0. The molecule has 0 unspecified atom stereocenters. The molecule has 6 heteroatoms. The third kappa shape index (κ3) is 4.79. The zero-order valence-corrected chi connectivity index (χ0v) is 15.2. The van der Waals surface area contributed by atoms with Crippen molar-refractivity contribution < 1.29 is 13.2 Å². The second-order valence-electron chi connectivity index (χ2n) is 5.63. The van der Waals surface area contributed by atoms with E-state index in [0.29, 0.717) is 23.7 Å². The van der Waals surface area contributed by atoms with E-state index in [2.05, 4.69) is 9.88 Å². The molecule has 0 aliphatic carbocycles. The van der Waals surface area contributed by atoms with Gasteiger partial charge in [-0.3, -0.25) is 0 Å². The number of nitrogens with zero attached hydrogens (tertiary/aromatic N) is 2. The van der Waals surface area contributed by atoms with Gasteiger partial charge < -0.3 is 9.64 Å². The van der Waals surface area contributed by atoms with Gasteiger partial charge in [0.05, 0.1) is 22.9 Å².